The maximum atomic E-state index is 13.9. The Balaban J connectivity index is 2.22. The SMILES string of the molecule is NS(=O)(=O)c1ccc(-c2cc(C(F)(F)F)ccc2-c2ccc(Cl)c(F)c2)cc1. The van der Waals surface area contributed by atoms with E-state index < -0.39 is 27.6 Å². The van der Waals surface area contributed by atoms with Crippen molar-refractivity contribution in [2.24, 2.45) is 5.14 Å². The van der Waals surface area contributed by atoms with E-state index in [1.807, 2.05) is 0 Å². The van der Waals surface area contributed by atoms with Crippen molar-refractivity contribution in [1.29, 1.82) is 0 Å². The van der Waals surface area contributed by atoms with Crippen molar-refractivity contribution in [3.05, 3.63) is 77.1 Å². The second-order valence-electron chi connectivity index (χ2n) is 5.96. The molecule has 146 valence electrons. The molecule has 3 aromatic carbocycles. The van der Waals surface area contributed by atoms with Crippen LogP contribution in [-0.4, -0.2) is 8.42 Å². The van der Waals surface area contributed by atoms with Crippen LogP contribution >= 0.6 is 11.6 Å². The van der Waals surface area contributed by atoms with Crippen LogP contribution in [0.2, 0.25) is 5.02 Å². The van der Waals surface area contributed by atoms with Crippen molar-refractivity contribution in [2.75, 3.05) is 0 Å². The van der Waals surface area contributed by atoms with Gasteiger partial charge in [0.1, 0.15) is 5.82 Å². The maximum absolute atomic E-state index is 13.9. The summed E-state index contributed by atoms with van der Waals surface area (Å²) in [6, 6.07) is 12.0. The smallest absolute Gasteiger partial charge is 0.225 e. The van der Waals surface area contributed by atoms with E-state index >= 15 is 0 Å². The van der Waals surface area contributed by atoms with Gasteiger partial charge in [-0.3, -0.25) is 0 Å². The third-order valence-electron chi connectivity index (χ3n) is 4.07. The van der Waals surface area contributed by atoms with E-state index in [2.05, 4.69) is 0 Å². The number of hydrogen-bond donors (Lipinski definition) is 1. The predicted octanol–water partition coefficient (Wildman–Crippen LogP) is 5.48. The topological polar surface area (TPSA) is 60.2 Å². The van der Waals surface area contributed by atoms with Crippen molar-refractivity contribution in [2.45, 2.75) is 11.1 Å². The molecule has 2 N–H and O–H groups in total. The Labute approximate surface area is 163 Å². The van der Waals surface area contributed by atoms with Crippen LogP contribution in [0.15, 0.2) is 65.6 Å². The lowest BCUT2D eigenvalue weighted by Gasteiger charge is -2.15. The van der Waals surface area contributed by atoms with Crippen molar-refractivity contribution >= 4 is 21.6 Å². The van der Waals surface area contributed by atoms with E-state index in [0.717, 1.165) is 18.2 Å². The molecule has 0 unspecified atom stereocenters. The van der Waals surface area contributed by atoms with Gasteiger partial charge in [-0.25, -0.2) is 17.9 Å². The predicted molar refractivity (Wildman–Crippen MR) is 98.7 cm³/mol. The highest BCUT2D eigenvalue weighted by Crippen LogP contribution is 2.38. The first-order valence-electron chi connectivity index (χ1n) is 7.77. The Kier molecular flexibility index (Phi) is 5.22. The number of nitrogens with two attached hydrogens (primary N) is 1. The number of primary sulfonamides is 1. The quantitative estimate of drug-likeness (QED) is 0.560. The lowest BCUT2D eigenvalue weighted by atomic mass is 9.92. The third kappa shape index (κ3) is 4.19. The molecule has 0 radical (unpaired) electrons. The lowest BCUT2D eigenvalue weighted by Crippen LogP contribution is -2.11. The summed E-state index contributed by atoms with van der Waals surface area (Å²) >= 11 is 5.68. The van der Waals surface area contributed by atoms with E-state index in [1.54, 1.807) is 0 Å². The van der Waals surface area contributed by atoms with Gasteiger partial charge in [0, 0.05) is 0 Å². The number of benzene rings is 3. The molecule has 0 fully saturated rings. The molecule has 0 aromatic heterocycles. The molecular formula is C19H12ClF4NO2S. The molecule has 0 heterocycles. The van der Waals surface area contributed by atoms with Crippen LogP contribution in [0.4, 0.5) is 17.6 Å². The molecule has 0 amide bonds. The molecule has 0 saturated carbocycles. The van der Waals surface area contributed by atoms with Crippen molar-refractivity contribution in [1.82, 2.24) is 0 Å². The summed E-state index contributed by atoms with van der Waals surface area (Å²) in [5.74, 6) is -0.713. The summed E-state index contributed by atoms with van der Waals surface area (Å²) in [5, 5.41) is 4.93. The fraction of sp³-hybridized carbons (Fsp3) is 0.0526. The van der Waals surface area contributed by atoms with E-state index in [-0.39, 0.29) is 15.5 Å². The fourth-order valence-electron chi connectivity index (χ4n) is 2.70. The van der Waals surface area contributed by atoms with Gasteiger partial charge >= 0.3 is 6.18 Å². The van der Waals surface area contributed by atoms with Gasteiger partial charge in [0.25, 0.3) is 0 Å². The second kappa shape index (κ2) is 7.20. The maximum Gasteiger partial charge on any atom is 0.416 e. The van der Waals surface area contributed by atoms with Crippen LogP contribution in [0.5, 0.6) is 0 Å². The number of sulfonamides is 1. The molecule has 0 aliphatic heterocycles. The molecule has 28 heavy (non-hydrogen) atoms. The summed E-state index contributed by atoms with van der Waals surface area (Å²) in [5.41, 5.74) is 0.214. The molecule has 3 rings (SSSR count). The number of halogens is 5. The molecule has 0 aliphatic carbocycles. The highest BCUT2D eigenvalue weighted by molar-refractivity contribution is 7.89. The summed E-state index contributed by atoms with van der Waals surface area (Å²) in [4.78, 5) is -0.178. The zero-order valence-electron chi connectivity index (χ0n) is 14.0. The van der Waals surface area contributed by atoms with Crippen LogP contribution in [0.3, 0.4) is 0 Å². The molecule has 0 aliphatic rings. The van der Waals surface area contributed by atoms with Gasteiger partial charge in [-0.1, -0.05) is 35.9 Å². The van der Waals surface area contributed by atoms with Crippen molar-refractivity contribution < 1.29 is 26.0 Å². The van der Waals surface area contributed by atoms with Crippen LogP contribution in [0.1, 0.15) is 5.56 Å². The summed E-state index contributed by atoms with van der Waals surface area (Å²) in [7, 11) is -3.95. The second-order valence-corrected chi connectivity index (χ2v) is 7.93. The molecule has 3 aromatic rings. The first kappa shape index (κ1) is 20.3. The largest absolute Gasteiger partial charge is 0.416 e. The molecule has 0 atom stereocenters. The zero-order chi connectivity index (χ0) is 20.7. The highest BCUT2D eigenvalue weighted by Gasteiger charge is 2.31. The van der Waals surface area contributed by atoms with Gasteiger partial charge < -0.3 is 0 Å². The monoisotopic (exact) mass is 429 g/mol. The van der Waals surface area contributed by atoms with Crippen LogP contribution in [-0.2, 0) is 16.2 Å². The van der Waals surface area contributed by atoms with Gasteiger partial charge in [-0.05, 0) is 58.7 Å². The highest BCUT2D eigenvalue weighted by atomic mass is 35.5. The van der Waals surface area contributed by atoms with Gasteiger partial charge in [-0.15, -0.1) is 0 Å². The Morgan fingerprint density at radius 2 is 1.43 bits per heavy atom. The van der Waals surface area contributed by atoms with E-state index in [4.69, 9.17) is 16.7 Å². The fourth-order valence-corrected chi connectivity index (χ4v) is 3.33. The van der Waals surface area contributed by atoms with Crippen LogP contribution < -0.4 is 5.14 Å². The standard InChI is InChI=1S/C19H12ClF4NO2S/c20-17-8-3-12(9-18(17)21)15-7-4-13(19(22,23)24)10-16(15)11-1-5-14(6-2-11)28(25,26)27/h1-10H,(H2,25,26,27). The number of alkyl halides is 3. The number of rotatable bonds is 3. The molecule has 9 heteroatoms. The minimum atomic E-state index is -4.58. The van der Waals surface area contributed by atoms with E-state index in [0.29, 0.717) is 16.7 Å². The average molecular weight is 430 g/mol. The zero-order valence-corrected chi connectivity index (χ0v) is 15.5. The van der Waals surface area contributed by atoms with Gasteiger partial charge in [0.2, 0.25) is 10.0 Å². The minimum absolute atomic E-state index is 0.116. The number of hydrogen-bond acceptors (Lipinski definition) is 2. The summed E-state index contributed by atoms with van der Waals surface area (Å²) in [6.45, 7) is 0. The first-order valence-corrected chi connectivity index (χ1v) is 9.69. The Bertz CT molecular complexity index is 1140. The first-order chi connectivity index (χ1) is 13.0. The Morgan fingerprint density at radius 1 is 0.821 bits per heavy atom. The third-order valence-corrected chi connectivity index (χ3v) is 5.31. The van der Waals surface area contributed by atoms with Gasteiger partial charge in [0.15, 0.2) is 0 Å². The molecule has 0 saturated heterocycles. The molecule has 0 spiro atoms. The van der Waals surface area contributed by atoms with Crippen molar-refractivity contribution in [3.8, 4) is 22.3 Å². The normalized spacial score (nSPS) is 12.2. The molecular weight excluding hydrogens is 418 g/mol. The van der Waals surface area contributed by atoms with Gasteiger partial charge in [-0.2, -0.15) is 13.2 Å². The minimum Gasteiger partial charge on any atom is -0.225 e. The van der Waals surface area contributed by atoms with Crippen LogP contribution in [0, 0.1) is 5.82 Å². The lowest BCUT2D eigenvalue weighted by molar-refractivity contribution is -0.137. The van der Waals surface area contributed by atoms with Crippen LogP contribution in [0.25, 0.3) is 22.3 Å². The Hall–Kier alpha value is -2.42. The summed E-state index contributed by atoms with van der Waals surface area (Å²) in [6.07, 6.45) is -4.58. The van der Waals surface area contributed by atoms with E-state index in [9.17, 15) is 26.0 Å². The molecule has 0 bridgehead atoms. The molecule has 3 nitrogen and oxygen atoms in total. The average Bonchev–Trinajstić information content (AvgIpc) is 2.62. The Morgan fingerprint density at radius 3 is 1.96 bits per heavy atom. The summed E-state index contributed by atoms with van der Waals surface area (Å²) < 4.78 is 76.2. The van der Waals surface area contributed by atoms with E-state index in [1.165, 1.54) is 42.5 Å². The van der Waals surface area contributed by atoms with Gasteiger partial charge in [0.05, 0.1) is 15.5 Å². The van der Waals surface area contributed by atoms with Crippen molar-refractivity contribution in [3.63, 3.8) is 0 Å².